The van der Waals surface area contributed by atoms with E-state index in [1.807, 2.05) is 75.6 Å². The van der Waals surface area contributed by atoms with E-state index >= 15 is 0 Å². The van der Waals surface area contributed by atoms with Crippen LogP contribution in [0.5, 0.6) is 5.75 Å². The van der Waals surface area contributed by atoms with E-state index in [2.05, 4.69) is 65.5 Å². The Hall–Kier alpha value is -3.92. The van der Waals surface area contributed by atoms with Gasteiger partial charge in [-0.05, 0) is 92.3 Å². The fourth-order valence-corrected chi connectivity index (χ4v) is 9.33. The predicted octanol–water partition coefficient (Wildman–Crippen LogP) is 5.42. The number of nitrogens with one attached hydrogen (secondary N) is 2. The lowest BCUT2D eigenvalue weighted by atomic mass is 9.45. The van der Waals surface area contributed by atoms with Crippen molar-refractivity contribution < 1.29 is 14.3 Å². The molecule has 3 saturated carbocycles. The molecule has 4 aliphatic rings. The number of methoxy groups -OCH3 is 1. The number of carbonyl (C=O) groups is 2. The number of hydrogen-bond acceptors (Lipinski definition) is 7. The normalized spacial score (nSPS) is 25.7. The van der Waals surface area contributed by atoms with Crippen LogP contribution in [0.15, 0.2) is 66.7 Å². The van der Waals surface area contributed by atoms with Crippen LogP contribution < -0.4 is 26.0 Å². The van der Waals surface area contributed by atoms with Crippen LogP contribution in [0.4, 0.5) is 5.69 Å². The van der Waals surface area contributed by atoms with Gasteiger partial charge in [0.2, 0.25) is 5.91 Å². The summed E-state index contributed by atoms with van der Waals surface area (Å²) in [7, 11) is 9.71. The number of nitrogens with zero attached hydrogens (tertiary/aromatic N) is 3. The van der Waals surface area contributed by atoms with E-state index in [1.54, 1.807) is 7.11 Å². The molecule has 0 unspecified atom stereocenters. The van der Waals surface area contributed by atoms with E-state index in [0.717, 1.165) is 47.5 Å². The molecule has 1 heterocycles. The zero-order valence-electron chi connectivity index (χ0n) is 32.5. The van der Waals surface area contributed by atoms with Crippen LogP contribution in [0, 0.1) is 23.2 Å². The van der Waals surface area contributed by atoms with Gasteiger partial charge in [-0.2, -0.15) is 0 Å². The number of carbonyl (C=O) groups excluding carboxylic acids is 2. The summed E-state index contributed by atoms with van der Waals surface area (Å²) in [5, 5.41) is 6.79. The first-order valence-corrected chi connectivity index (χ1v) is 19.0. The third kappa shape index (κ3) is 8.02. The highest BCUT2D eigenvalue weighted by molar-refractivity contribution is 5.97. The first-order valence-electron chi connectivity index (χ1n) is 19.0. The van der Waals surface area contributed by atoms with Gasteiger partial charge in [0.05, 0.1) is 13.2 Å². The topological polar surface area (TPSA) is 103 Å². The summed E-state index contributed by atoms with van der Waals surface area (Å²) in [6.45, 7) is 8.99. The number of likely N-dealkylation sites (N-methyl/N-ethyl adjacent to an activating group) is 1. The van der Waals surface area contributed by atoms with Crippen molar-refractivity contribution >= 4 is 17.5 Å². The molecule has 280 valence electrons. The summed E-state index contributed by atoms with van der Waals surface area (Å²) in [6.07, 6.45) is 3.71. The van der Waals surface area contributed by atoms with Crippen molar-refractivity contribution in [2.24, 2.45) is 28.9 Å². The molecule has 4 fully saturated rings. The molecule has 3 aliphatic carbocycles. The number of rotatable bonds is 13. The zero-order chi connectivity index (χ0) is 37.3. The van der Waals surface area contributed by atoms with Crippen LogP contribution in [0.2, 0.25) is 0 Å². The molecule has 9 nitrogen and oxygen atoms in total. The summed E-state index contributed by atoms with van der Waals surface area (Å²) in [5.41, 5.74) is 12.4. The Morgan fingerprint density at radius 1 is 1.00 bits per heavy atom. The van der Waals surface area contributed by atoms with Crippen molar-refractivity contribution in [1.82, 2.24) is 20.4 Å². The molecule has 4 N–H and O–H groups in total. The van der Waals surface area contributed by atoms with E-state index in [-0.39, 0.29) is 36.0 Å². The smallest absolute Gasteiger partial charge is 0.251 e. The highest BCUT2D eigenvalue weighted by Gasteiger charge is 2.56. The molecule has 7 atom stereocenters. The van der Waals surface area contributed by atoms with Gasteiger partial charge in [0, 0.05) is 74.2 Å². The van der Waals surface area contributed by atoms with Crippen LogP contribution in [-0.2, 0) is 17.8 Å². The molecular formula is C43H60N6O3. The molecule has 0 aromatic heterocycles. The number of fused-ring (bicyclic) bond motifs is 2. The number of ether oxygens (including phenoxy) is 1. The van der Waals surface area contributed by atoms with Crippen LogP contribution >= 0.6 is 0 Å². The van der Waals surface area contributed by atoms with Gasteiger partial charge < -0.3 is 30.9 Å². The molecule has 2 amide bonds. The lowest BCUT2D eigenvalue weighted by Crippen LogP contribution is -2.61. The monoisotopic (exact) mass is 708 g/mol. The largest absolute Gasteiger partial charge is 0.496 e. The Kier molecular flexibility index (Phi) is 11.3. The molecular weight excluding hydrogens is 649 g/mol. The maximum Gasteiger partial charge on any atom is 0.251 e. The predicted molar refractivity (Wildman–Crippen MR) is 211 cm³/mol. The highest BCUT2D eigenvalue weighted by atomic mass is 16.5. The van der Waals surface area contributed by atoms with Gasteiger partial charge in [-0.3, -0.25) is 14.5 Å². The fourth-order valence-electron chi connectivity index (χ4n) is 9.33. The van der Waals surface area contributed by atoms with E-state index in [4.69, 9.17) is 10.5 Å². The minimum absolute atomic E-state index is 0.0648. The molecule has 9 heteroatoms. The third-order valence-electron chi connectivity index (χ3n) is 12.3. The Bertz CT molecular complexity index is 1720. The minimum Gasteiger partial charge on any atom is -0.496 e. The van der Waals surface area contributed by atoms with Gasteiger partial charge >= 0.3 is 0 Å². The Labute approximate surface area is 311 Å². The van der Waals surface area contributed by atoms with Crippen LogP contribution in [0.25, 0.3) is 11.1 Å². The number of benzene rings is 3. The number of likely N-dealkylation sites (tertiary alicyclic amines) is 1. The first-order chi connectivity index (χ1) is 24.7. The molecule has 7 rings (SSSR count). The second-order valence-corrected chi connectivity index (χ2v) is 16.8. The average Bonchev–Trinajstić information content (AvgIpc) is 3.48. The van der Waals surface area contributed by atoms with Gasteiger partial charge in [0.1, 0.15) is 5.75 Å². The fraction of sp³-hybridized carbons (Fsp3) is 0.535. The van der Waals surface area contributed by atoms with Crippen LogP contribution in [0.3, 0.4) is 0 Å². The number of para-hydroxylation sites is 1. The van der Waals surface area contributed by atoms with E-state index in [9.17, 15) is 9.59 Å². The SMILES string of the molecule is COc1c(CN2C[C@@H](N)C[C@H]2C(=O)N[C@H]2C[C@@H]3C[C@H]([C@@H]2C)C3(C)C)cccc1-c1cc(C(=O)N[C@@H](Cc2ccccc2)CN(C)C)cc(N(C)C)c1. The highest BCUT2D eigenvalue weighted by Crippen LogP contribution is 2.61. The summed E-state index contributed by atoms with van der Waals surface area (Å²) >= 11 is 0. The molecule has 0 radical (unpaired) electrons. The lowest BCUT2D eigenvalue weighted by Gasteiger charge is -2.62. The van der Waals surface area contributed by atoms with Crippen molar-refractivity contribution in [2.45, 2.75) is 77.2 Å². The van der Waals surface area contributed by atoms with Gasteiger partial charge in [-0.15, -0.1) is 0 Å². The van der Waals surface area contributed by atoms with E-state index in [1.165, 1.54) is 12.0 Å². The second kappa shape index (κ2) is 15.6. The Morgan fingerprint density at radius 2 is 1.75 bits per heavy atom. The number of nitrogens with two attached hydrogens (primary N) is 1. The maximum absolute atomic E-state index is 13.9. The maximum atomic E-state index is 13.9. The number of anilines is 1. The zero-order valence-corrected chi connectivity index (χ0v) is 32.5. The van der Waals surface area contributed by atoms with Gasteiger partial charge in [-0.25, -0.2) is 0 Å². The Morgan fingerprint density at radius 3 is 2.40 bits per heavy atom. The summed E-state index contributed by atoms with van der Waals surface area (Å²) in [6, 6.07) is 22.2. The standard InChI is InChI=1S/C43H60N6O3/c1-27-37-21-32(43(37,2)3)22-38(27)46-42(51)39-23-33(44)25-49(39)24-29-15-12-16-36(40(29)52-8)30-18-31(20-35(19-30)48(6)7)41(50)45-34(26-47(4)5)17-28-13-10-9-11-14-28/h9-16,18-20,27,32-34,37-39H,17,21-26,44H2,1-8H3,(H,45,50)(H,46,51)/t27-,32-,33-,34-,37+,38-,39-/m0/s1. The molecule has 3 aromatic carbocycles. The van der Waals surface area contributed by atoms with E-state index < -0.39 is 0 Å². The van der Waals surface area contributed by atoms with E-state index in [0.29, 0.717) is 48.2 Å². The molecule has 0 spiro atoms. The molecule has 3 aromatic rings. The minimum atomic E-state index is -0.291. The average molecular weight is 709 g/mol. The third-order valence-corrected chi connectivity index (χ3v) is 12.3. The van der Waals surface area contributed by atoms with Crippen molar-refractivity contribution in [3.8, 4) is 16.9 Å². The summed E-state index contributed by atoms with van der Waals surface area (Å²) in [5.74, 6) is 2.53. The lowest BCUT2D eigenvalue weighted by molar-refractivity contribution is -0.137. The molecule has 1 aliphatic heterocycles. The quantitative estimate of drug-likeness (QED) is 0.218. The van der Waals surface area contributed by atoms with Crippen molar-refractivity contribution in [3.05, 3.63) is 83.4 Å². The van der Waals surface area contributed by atoms with Crippen molar-refractivity contribution in [1.29, 1.82) is 0 Å². The summed E-state index contributed by atoms with van der Waals surface area (Å²) < 4.78 is 6.13. The van der Waals surface area contributed by atoms with Crippen LogP contribution in [-0.4, -0.2) is 94.2 Å². The summed E-state index contributed by atoms with van der Waals surface area (Å²) in [4.78, 5) is 34.2. The molecule has 2 bridgehead atoms. The van der Waals surface area contributed by atoms with Gasteiger partial charge in [-0.1, -0.05) is 69.3 Å². The Balaban J connectivity index is 1.23. The van der Waals surface area contributed by atoms with Crippen molar-refractivity contribution in [2.75, 3.05) is 53.3 Å². The van der Waals surface area contributed by atoms with Crippen LogP contribution in [0.1, 0.15) is 61.5 Å². The number of amides is 2. The molecule has 52 heavy (non-hydrogen) atoms. The van der Waals surface area contributed by atoms with Gasteiger partial charge in [0.25, 0.3) is 5.91 Å². The molecule has 1 saturated heterocycles. The number of hydrogen-bond donors (Lipinski definition) is 3. The van der Waals surface area contributed by atoms with Crippen molar-refractivity contribution in [3.63, 3.8) is 0 Å². The van der Waals surface area contributed by atoms with Gasteiger partial charge in [0.15, 0.2) is 0 Å². The second-order valence-electron chi connectivity index (χ2n) is 16.8. The first kappa shape index (κ1) is 37.8.